The molecule has 34 heavy (non-hydrogen) atoms. The zero-order chi connectivity index (χ0) is 23.9. The number of anilines is 2. The minimum absolute atomic E-state index is 0.0138. The molecular formula is C26H24N4O4. The van der Waals surface area contributed by atoms with E-state index >= 15 is 0 Å². The predicted molar refractivity (Wildman–Crippen MR) is 130 cm³/mol. The van der Waals surface area contributed by atoms with Crippen LogP contribution < -0.4 is 15.4 Å². The molecule has 1 aromatic heterocycles. The molecule has 2 N–H and O–H groups in total. The van der Waals surface area contributed by atoms with Gasteiger partial charge >= 0.3 is 5.97 Å². The highest BCUT2D eigenvalue weighted by molar-refractivity contribution is 6.05. The third kappa shape index (κ3) is 5.12. The Labute approximate surface area is 197 Å². The maximum absolute atomic E-state index is 12.5. The van der Waals surface area contributed by atoms with Crippen molar-refractivity contribution in [3.63, 3.8) is 0 Å². The van der Waals surface area contributed by atoms with Crippen molar-refractivity contribution in [2.75, 3.05) is 31.4 Å². The smallest absolute Gasteiger partial charge is 0.340 e. The molecular weight excluding hydrogens is 432 g/mol. The highest BCUT2D eigenvalue weighted by Crippen LogP contribution is 2.23. The van der Waals surface area contributed by atoms with Crippen LogP contribution in [0.3, 0.4) is 0 Å². The lowest BCUT2D eigenvalue weighted by molar-refractivity contribution is 0.0602. The molecule has 0 aliphatic heterocycles. The molecule has 0 fully saturated rings. The number of Topliss-reactive ketones (excluding diaryl/α,β-unsaturated/α-hetero) is 1. The zero-order valence-electron chi connectivity index (χ0n) is 18.9. The van der Waals surface area contributed by atoms with E-state index in [1.54, 1.807) is 43.5 Å². The summed E-state index contributed by atoms with van der Waals surface area (Å²) in [5, 5.41) is 7.21. The molecule has 4 rings (SSSR count). The van der Waals surface area contributed by atoms with Crippen LogP contribution in [-0.2, 0) is 11.3 Å². The lowest BCUT2D eigenvalue weighted by atomic mass is 10.1. The van der Waals surface area contributed by atoms with E-state index < -0.39 is 5.97 Å². The number of rotatable bonds is 9. The van der Waals surface area contributed by atoms with Crippen molar-refractivity contribution < 1.29 is 19.1 Å². The molecule has 0 bridgehead atoms. The first-order chi connectivity index (χ1) is 16.6. The highest BCUT2D eigenvalue weighted by Gasteiger charge is 2.14. The first kappa shape index (κ1) is 22.7. The predicted octanol–water partition coefficient (Wildman–Crippen LogP) is 4.33. The van der Waals surface area contributed by atoms with Gasteiger partial charge in [0.05, 0.1) is 31.8 Å². The summed E-state index contributed by atoms with van der Waals surface area (Å²) >= 11 is 0. The quantitative estimate of drug-likeness (QED) is 0.283. The number of carbonyl (C=O) groups excluding carboxylic acids is 2. The Kier molecular flexibility index (Phi) is 6.98. The van der Waals surface area contributed by atoms with Gasteiger partial charge in [0.1, 0.15) is 17.9 Å². The van der Waals surface area contributed by atoms with Gasteiger partial charge in [-0.2, -0.15) is 0 Å². The van der Waals surface area contributed by atoms with Crippen LogP contribution in [-0.4, -0.2) is 42.5 Å². The molecule has 3 aromatic carbocycles. The van der Waals surface area contributed by atoms with Gasteiger partial charge in [-0.3, -0.25) is 4.79 Å². The standard InChI is InChI=1S/C26H24N4O4/c1-33-20-11-9-18(10-12-20)23(31)15-27-19-6-3-5-17(13-19)14-28-25-21-7-4-8-22(26(32)34-2)24(21)29-16-30-25/h3-13,16,27H,14-15H2,1-2H3,(H,28,29,30). The molecule has 0 amide bonds. The summed E-state index contributed by atoms with van der Waals surface area (Å²) in [4.78, 5) is 33.1. The molecule has 0 spiro atoms. The van der Waals surface area contributed by atoms with Crippen molar-refractivity contribution in [3.8, 4) is 5.75 Å². The first-order valence-electron chi connectivity index (χ1n) is 10.6. The summed E-state index contributed by atoms with van der Waals surface area (Å²) in [5.41, 5.74) is 3.37. The molecule has 0 aliphatic carbocycles. The van der Waals surface area contributed by atoms with Gasteiger partial charge in [-0.05, 0) is 54.1 Å². The topological polar surface area (TPSA) is 102 Å². The number of hydrogen-bond acceptors (Lipinski definition) is 8. The number of hydrogen-bond donors (Lipinski definition) is 2. The Morgan fingerprint density at radius 1 is 0.912 bits per heavy atom. The van der Waals surface area contributed by atoms with Crippen LogP contribution >= 0.6 is 0 Å². The van der Waals surface area contributed by atoms with E-state index in [1.807, 2.05) is 30.3 Å². The molecule has 0 saturated carbocycles. The van der Waals surface area contributed by atoms with Gasteiger partial charge in [0, 0.05) is 23.2 Å². The molecule has 8 heteroatoms. The number of fused-ring (bicyclic) bond motifs is 1. The summed E-state index contributed by atoms with van der Waals surface area (Å²) in [7, 11) is 2.93. The monoisotopic (exact) mass is 456 g/mol. The van der Waals surface area contributed by atoms with Crippen molar-refractivity contribution in [2.24, 2.45) is 0 Å². The number of nitrogens with zero attached hydrogens (tertiary/aromatic N) is 2. The van der Waals surface area contributed by atoms with Crippen molar-refractivity contribution in [1.82, 2.24) is 9.97 Å². The second kappa shape index (κ2) is 10.4. The second-order valence-corrected chi connectivity index (χ2v) is 7.47. The summed E-state index contributed by atoms with van der Waals surface area (Å²) in [5.74, 6) is 0.866. The Morgan fingerprint density at radius 3 is 2.47 bits per heavy atom. The average Bonchev–Trinajstić information content (AvgIpc) is 2.90. The number of carbonyl (C=O) groups is 2. The fourth-order valence-corrected chi connectivity index (χ4v) is 3.54. The molecule has 0 aliphatic rings. The van der Waals surface area contributed by atoms with Crippen LogP contribution in [0.1, 0.15) is 26.3 Å². The fourth-order valence-electron chi connectivity index (χ4n) is 3.54. The van der Waals surface area contributed by atoms with E-state index in [9.17, 15) is 9.59 Å². The molecule has 0 saturated heterocycles. The summed E-state index contributed by atoms with van der Waals surface area (Å²) in [6, 6.07) is 20.1. The SMILES string of the molecule is COC(=O)c1cccc2c(NCc3cccc(NCC(=O)c4ccc(OC)cc4)c3)ncnc12. The van der Waals surface area contributed by atoms with Crippen molar-refractivity contribution in [2.45, 2.75) is 6.54 Å². The van der Waals surface area contributed by atoms with Gasteiger partial charge in [-0.25, -0.2) is 14.8 Å². The average molecular weight is 457 g/mol. The zero-order valence-corrected chi connectivity index (χ0v) is 18.9. The number of nitrogens with one attached hydrogen (secondary N) is 2. The molecule has 8 nitrogen and oxygen atoms in total. The van der Waals surface area contributed by atoms with E-state index in [0.717, 1.165) is 16.6 Å². The number of para-hydroxylation sites is 1. The van der Waals surface area contributed by atoms with Crippen LogP contribution in [0.5, 0.6) is 5.75 Å². The largest absolute Gasteiger partial charge is 0.497 e. The van der Waals surface area contributed by atoms with E-state index in [0.29, 0.717) is 34.8 Å². The molecule has 0 radical (unpaired) electrons. The van der Waals surface area contributed by atoms with Crippen molar-refractivity contribution in [3.05, 3.63) is 89.7 Å². The van der Waals surface area contributed by atoms with Gasteiger partial charge in [-0.15, -0.1) is 0 Å². The van der Waals surface area contributed by atoms with E-state index in [-0.39, 0.29) is 12.3 Å². The first-order valence-corrected chi connectivity index (χ1v) is 10.6. The van der Waals surface area contributed by atoms with Crippen molar-refractivity contribution >= 4 is 34.2 Å². The van der Waals surface area contributed by atoms with Crippen LogP contribution in [0.4, 0.5) is 11.5 Å². The van der Waals surface area contributed by atoms with Crippen LogP contribution in [0.15, 0.2) is 73.1 Å². The normalized spacial score (nSPS) is 10.5. The maximum atomic E-state index is 12.5. The van der Waals surface area contributed by atoms with Gasteiger partial charge < -0.3 is 20.1 Å². The summed E-state index contributed by atoms with van der Waals surface area (Å²) in [6.07, 6.45) is 1.42. The number of methoxy groups -OCH3 is 2. The Hall–Kier alpha value is -4.46. The minimum Gasteiger partial charge on any atom is -0.497 e. The lowest BCUT2D eigenvalue weighted by Crippen LogP contribution is -2.14. The number of ketones is 1. The number of esters is 1. The van der Waals surface area contributed by atoms with Crippen molar-refractivity contribution in [1.29, 1.82) is 0 Å². The van der Waals surface area contributed by atoms with Crippen LogP contribution in [0, 0.1) is 0 Å². The number of ether oxygens (including phenoxy) is 2. The highest BCUT2D eigenvalue weighted by atomic mass is 16.5. The van der Waals surface area contributed by atoms with Crippen LogP contribution in [0.2, 0.25) is 0 Å². The van der Waals surface area contributed by atoms with Gasteiger partial charge in [-0.1, -0.05) is 18.2 Å². The third-order valence-corrected chi connectivity index (χ3v) is 5.32. The van der Waals surface area contributed by atoms with E-state index in [2.05, 4.69) is 20.6 Å². The molecule has 172 valence electrons. The van der Waals surface area contributed by atoms with Gasteiger partial charge in [0.25, 0.3) is 0 Å². The fraction of sp³-hybridized carbons (Fsp3) is 0.154. The third-order valence-electron chi connectivity index (χ3n) is 5.32. The maximum Gasteiger partial charge on any atom is 0.340 e. The number of aromatic nitrogens is 2. The Bertz CT molecular complexity index is 1320. The van der Waals surface area contributed by atoms with Gasteiger partial charge in [0.2, 0.25) is 0 Å². The van der Waals surface area contributed by atoms with E-state index in [4.69, 9.17) is 9.47 Å². The molecule has 0 unspecified atom stereocenters. The Morgan fingerprint density at radius 2 is 1.71 bits per heavy atom. The molecule has 0 atom stereocenters. The summed E-state index contributed by atoms with van der Waals surface area (Å²) < 4.78 is 9.98. The van der Waals surface area contributed by atoms with Gasteiger partial charge in [0.15, 0.2) is 5.78 Å². The Balaban J connectivity index is 1.42. The molecule has 1 heterocycles. The lowest BCUT2D eigenvalue weighted by Gasteiger charge is -2.11. The molecule has 4 aromatic rings. The summed E-state index contributed by atoms with van der Waals surface area (Å²) in [6.45, 7) is 0.673. The van der Waals surface area contributed by atoms with Crippen LogP contribution in [0.25, 0.3) is 10.9 Å². The minimum atomic E-state index is -0.446. The second-order valence-electron chi connectivity index (χ2n) is 7.47. The number of benzene rings is 3. The van der Waals surface area contributed by atoms with E-state index in [1.165, 1.54) is 13.4 Å².